The van der Waals surface area contributed by atoms with Gasteiger partial charge in [0.2, 0.25) is 0 Å². The number of ether oxygens (including phenoxy) is 1. The van der Waals surface area contributed by atoms with Gasteiger partial charge in [-0.3, -0.25) is 4.79 Å². The van der Waals surface area contributed by atoms with E-state index in [0.29, 0.717) is 5.75 Å². The van der Waals surface area contributed by atoms with E-state index in [4.69, 9.17) is 4.74 Å². The van der Waals surface area contributed by atoms with E-state index in [2.05, 4.69) is 0 Å². The summed E-state index contributed by atoms with van der Waals surface area (Å²) in [6, 6.07) is 7.93. The van der Waals surface area contributed by atoms with E-state index in [-0.39, 0.29) is 11.9 Å². The lowest BCUT2D eigenvalue weighted by Gasteiger charge is -2.09. The second kappa shape index (κ2) is 3.48. The van der Waals surface area contributed by atoms with Gasteiger partial charge in [-0.25, -0.2) is 0 Å². The Morgan fingerprint density at radius 2 is 1.94 bits per heavy atom. The number of carbonyl (C=O) groups excluding carboxylic acids is 1. The van der Waals surface area contributed by atoms with Gasteiger partial charge in [-0.15, -0.1) is 0 Å². The minimum atomic E-state index is -0.163. The van der Waals surface area contributed by atoms with Crippen LogP contribution in [0, 0.1) is 6.92 Å². The molecule has 0 saturated heterocycles. The third-order valence-electron chi connectivity index (χ3n) is 3.24. The number of carbonyl (C=O) groups is 1. The third-order valence-corrected chi connectivity index (χ3v) is 3.24. The number of fused-ring (bicyclic) bond motifs is 1. The second-order valence-electron chi connectivity index (χ2n) is 4.41. The summed E-state index contributed by atoms with van der Waals surface area (Å²) >= 11 is 0. The van der Waals surface area contributed by atoms with Crippen molar-refractivity contribution in [3.05, 3.63) is 47.8 Å². The van der Waals surface area contributed by atoms with Gasteiger partial charge in [0.15, 0.2) is 0 Å². The smallest absolute Gasteiger partial charge is 0.318 e. The average Bonchev–Trinajstić information content (AvgIpc) is 2.90. The minimum Gasteiger partial charge on any atom is -0.426 e. The summed E-state index contributed by atoms with van der Waals surface area (Å²) in [6.45, 7) is 3.92. The molecule has 0 amide bonds. The van der Waals surface area contributed by atoms with Crippen molar-refractivity contribution in [2.75, 3.05) is 0 Å². The molecule has 0 saturated carbocycles. The van der Waals surface area contributed by atoms with Crippen molar-refractivity contribution in [1.29, 1.82) is 0 Å². The van der Waals surface area contributed by atoms with Crippen molar-refractivity contribution in [3.63, 3.8) is 0 Å². The molecule has 3 heteroatoms. The molecule has 2 heterocycles. The first-order chi connectivity index (χ1) is 8.16. The Balaban J connectivity index is 2.16. The Morgan fingerprint density at radius 3 is 2.65 bits per heavy atom. The fourth-order valence-corrected chi connectivity index (χ4v) is 2.22. The SMILES string of the molecule is Cc1cc2c(cc1-n1cccc1)OC(=O)C2C. The van der Waals surface area contributed by atoms with Crippen molar-refractivity contribution in [2.24, 2.45) is 0 Å². The van der Waals surface area contributed by atoms with Crippen molar-refractivity contribution in [1.82, 2.24) is 4.57 Å². The summed E-state index contributed by atoms with van der Waals surface area (Å²) < 4.78 is 7.28. The number of nitrogens with zero attached hydrogens (tertiary/aromatic N) is 1. The fourth-order valence-electron chi connectivity index (χ4n) is 2.22. The number of hydrogen-bond donors (Lipinski definition) is 0. The zero-order valence-corrected chi connectivity index (χ0v) is 9.81. The molecule has 2 aromatic rings. The number of hydrogen-bond acceptors (Lipinski definition) is 2. The molecule has 0 fully saturated rings. The Hall–Kier alpha value is -2.03. The summed E-state index contributed by atoms with van der Waals surface area (Å²) in [6.07, 6.45) is 3.96. The van der Waals surface area contributed by atoms with Crippen LogP contribution in [0.15, 0.2) is 36.7 Å². The Bertz CT molecular complexity index is 585. The van der Waals surface area contributed by atoms with Crippen molar-refractivity contribution < 1.29 is 9.53 Å². The highest BCUT2D eigenvalue weighted by atomic mass is 16.5. The molecule has 0 aliphatic carbocycles. The fraction of sp³-hybridized carbons (Fsp3) is 0.214. The molecule has 17 heavy (non-hydrogen) atoms. The van der Waals surface area contributed by atoms with Crippen LogP contribution >= 0.6 is 0 Å². The highest BCUT2D eigenvalue weighted by Crippen LogP contribution is 2.37. The summed E-state index contributed by atoms with van der Waals surface area (Å²) in [5.41, 5.74) is 3.18. The standard InChI is InChI=1S/C14H13NO2/c1-9-7-11-10(2)14(16)17-13(11)8-12(9)15-5-3-4-6-15/h3-8,10H,1-2H3. The molecule has 1 aliphatic heterocycles. The molecule has 3 nitrogen and oxygen atoms in total. The van der Waals surface area contributed by atoms with Gasteiger partial charge in [0.1, 0.15) is 5.75 Å². The minimum absolute atomic E-state index is 0.151. The maximum atomic E-state index is 11.5. The Morgan fingerprint density at radius 1 is 1.24 bits per heavy atom. The van der Waals surface area contributed by atoms with Gasteiger partial charge in [0.05, 0.1) is 11.6 Å². The van der Waals surface area contributed by atoms with E-state index >= 15 is 0 Å². The maximum absolute atomic E-state index is 11.5. The maximum Gasteiger partial charge on any atom is 0.318 e. The van der Waals surface area contributed by atoms with E-state index in [9.17, 15) is 4.79 Å². The molecule has 0 bridgehead atoms. The van der Waals surface area contributed by atoms with Gasteiger partial charge in [-0.05, 0) is 37.6 Å². The van der Waals surface area contributed by atoms with Crippen LogP contribution in [-0.4, -0.2) is 10.5 Å². The first-order valence-corrected chi connectivity index (χ1v) is 5.66. The number of benzene rings is 1. The monoisotopic (exact) mass is 227 g/mol. The quantitative estimate of drug-likeness (QED) is 0.554. The molecule has 86 valence electrons. The van der Waals surface area contributed by atoms with Crippen LogP contribution in [-0.2, 0) is 4.79 Å². The summed E-state index contributed by atoms with van der Waals surface area (Å²) in [5.74, 6) is 0.378. The van der Waals surface area contributed by atoms with Gasteiger partial charge >= 0.3 is 5.97 Å². The third kappa shape index (κ3) is 1.46. The highest BCUT2D eigenvalue weighted by molar-refractivity contribution is 5.86. The molecule has 0 radical (unpaired) electrons. The van der Waals surface area contributed by atoms with Gasteiger partial charge in [-0.1, -0.05) is 0 Å². The summed E-state index contributed by atoms with van der Waals surface area (Å²) in [7, 11) is 0. The first-order valence-electron chi connectivity index (χ1n) is 5.66. The first kappa shape index (κ1) is 10.1. The summed E-state index contributed by atoms with van der Waals surface area (Å²) in [5, 5.41) is 0. The molecule has 0 spiro atoms. The van der Waals surface area contributed by atoms with Crippen LogP contribution in [0.5, 0.6) is 5.75 Å². The van der Waals surface area contributed by atoms with Gasteiger partial charge < -0.3 is 9.30 Å². The van der Waals surface area contributed by atoms with E-state index in [0.717, 1.165) is 16.8 Å². The Labute approximate surface area is 99.6 Å². The van der Waals surface area contributed by atoms with E-state index < -0.39 is 0 Å². The zero-order chi connectivity index (χ0) is 12.0. The van der Waals surface area contributed by atoms with Crippen LogP contribution in [0.1, 0.15) is 24.0 Å². The van der Waals surface area contributed by atoms with Gasteiger partial charge in [-0.2, -0.15) is 0 Å². The lowest BCUT2D eigenvalue weighted by Crippen LogP contribution is -2.05. The highest BCUT2D eigenvalue weighted by Gasteiger charge is 2.30. The Kier molecular flexibility index (Phi) is 2.08. The van der Waals surface area contributed by atoms with E-state index in [1.165, 1.54) is 0 Å². The second-order valence-corrected chi connectivity index (χ2v) is 4.41. The van der Waals surface area contributed by atoms with Crippen LogP contribution < -0.4 is 4.74 Å². The van der Waals surface area contributed by atoms with Gasteiger partial charge in [0, 0.05) is 24.0 Å². The lowest BCUT2D eigenvalue weighted by atomic mass is 10.00. The topological polar surface area (TPSA) is 31.2 Å². The van der Waals surface area contributed by atoms with Crippen LogP contribution in [0.2, 0.25) is 0 Å². The van der Waals surface area contributed by atoms with Crippen molar-refractivity contribution in [3.8, 4) is 11.4 Å². The predicted octanol–water partition coefficient (Wildman–Crippen LogP) is 2.81. The number of aromatic nitrogens is 1. The largest absolute Gasteiger partial charge is 0.426 e. The molecule has 1 atom stereocenters. The zero-order valence-electron chi connectivity index (χ0n) is 9.81. The van der Waals surface area contributed by atoms with Crippen molar-refractivity contribution in [2.45, 2.75) is 19.8 Å². The molecule has 3 rings (SSSR count). The van der Waals surface area contributed by atoms with Crippen molar-refractivity contribution >= 4 is 5.97 Å². The summed E-state index contributed by atoms with van der Waals surface area (Å²) in [4.78, 5) is 11.5. The van der Waals surface area contributed by atoms with E-state index in [1.54, 1.807) is 0 Å². The predicted molar refractivity (Wildman–Crippen MR) is 64.6 cm³/mol. The average molecular weight is 227 g/mol. The van der Waals surface area contributed by atoms with Crippen LogP contribution in [0.3, 0.4) is 0 Å². The number of aryl methyl sites for hydroxylation is 1. The molecule has 0 N–H and O–H groups in total. The molecular formula is C14H13NO2. The molecule has 1 aliphatic rings. The number of rotatable bonds is 1. The van der Waals surface area contributed by atoms with Gasteiger partial charge in [0.25, 0.3) is 0 Å². The van der Waals surface area contributed by atoms with E-state index in [1.807, 2.05) is 55.1 Å². The molecule has 1 aromatic heterocycles. The van der Waals surface area contributed by atoms with Crippen LogP contribution in [0.25, 0.3) is 5.69 Å². The number of esters is 1. The normalized spacial score (nSPS) is 18.0. The molecule has 1 unspecified atom stereocenters. The lowest BCUT2D eigenvalue weighted by molar-refractivity contribution is -0.133. The molecule has 1 aromatic carbocycles. The van der Waals surface area contributed by atoms with Crippen LogP contribution in [0.4, 0.5) is 0 Å². The molecular weight excluding hydrogens is 214 g/mol.